The Kier molecular flexibility index (Phi) is 2.96. The van der Waals surface area contributed by atoms with Crippen molar-refractivity contribution in [3.05, 3.63) is 54.1 Å². The Morgan fingerprint density at radius 2 is 1.35 bits per heavy atom. The number of rotatable bonds is 2. The van der Waals surface area contributed by atoms with Crippen molar-refractivity contribution >= 4 is 5.84 Å². The van der Waals surface area contributed by atoms with Crippen LogP contribution in [0.2, 0.25) is 0 Å². The third-order valence-corrected chi connectivity index (χ3v) is 2.52. The molecule has 0 saturated carbocycles. The molecule has 0 aliphatic rings. The molecule has 2 rings (SSSR count). The zero-order valence-electron chi connectivity index (χ0n) is 9.17. The first-order valence-electron chi connectivity index (χ1n) is 5.14. The molecule has 2 aromatic rings. The molecule has 4 heteroatoms. The average molecular weight is 227 g/mol. The van der Waals surface area contributed by atoms with Gasteiger partial charge in [-0.15, -0.1) is 0 Å². The summed E-state index contributed by atoms with van der Waals surface area (Å²) in [4.78, 5) is 0. The van der Waals surface area contributed by atoms with E-state index in [1.165, 1.54) is 0 Å². The molecule has 86 valence electrons. The van der Waals surface area contributed by atoms with Crippen LogP contribution in [-0.4, -0.2) is 10.9 Å². The average Bonchev–Trinajstić information content (AvgIpc) is 2.39. The van der Waals surface area contributed by atoms with Gasteiger partial charge >= 0.3 is 0 Å². The second-order valence-electron chi connectivity index (χ2n) is 3.64. The van der Waals surface area contributed by atoms with Crippen molar-refractivity contribution in [2.45, 2.75) is 0 Å². The second-order valence-corrected chi connectivity index (χ2v) is 3.64. The van der Waals surface area contributed by atoms with Gasteiger partial charge in [-0.3, -0.25) is 0 Å². The standard InChI is InChI=1S/C13H13N3O/c14-13(16-15)11-3-1-9(2-4-11)10-5-7-12(17)8-6-10/h1-8,17H,15H2,(H2,14,16). The molecule has 0 saturated heterocycles. The van der Waals surface area contributed by atoms with Crippen molar-refractivity contribution in [3.63, 3.8) is 0 Å². The Labute approximate surface area is 99.2 Å². The number of nitrogens with two attached hydrogens (primary N) is 2. The SMILES string of the molecule is NN=C(N)c1ccc(-c2ccc(O)cc2)cc1. The molecule has 5 N–H and O–H groups in total. The number of hydrogen-bond acceptors (Lipinski definition) is 3. The smallest absolute Gasteiger partial charge is 0.150 e. The first kappa shape index (κ1) is 11.0. The van der Waals surface area contributed by atoms with E-state index < -0.39 is 0 Å². The van der Waals surface area contributed by atoms with Gasteiger partial charge in [-0.25, -0.2) is 0 Å². The normalized spacial score (nSPS) is 11.4. The highest BCUT2D eigenvalue weighted by Crippen LogP contribution is 2.22. The summed E-state index contributed by atoms with van der Waals surface area (Å²) in [6.07, 6.45) is 0. The fourth-order valence-electron chi connectivity index (χ4n) is 1.56. The zero-order chi connectivity index (χ0) is 12.3. The van der Waals surface area contributed by atoms with E-state index in [0.29, 0.717) is 5.84 Å². The van der Waals surface area contributed by atoms with Crippen LogP contribution in [0.1, 0.15) is 5.56 Å². The summed E-state index contributed by atoms with van der Waals surface area (Å²) < 4.78 is 0. The highest BCUT2D eigenvalue weighted by Gasteiger charge is 2.00. The van der Waals surface area contributed by atoms with Crippen LogP contribution < -0.4 is 11.6 Å². The van der Waals surface area contributed by atoms with Gasteiger partial charge in [0.05, 0.1) is 0 Å². The summed E-state index contributed by atoms with van der Waals surface area (Å²) in [6, 6.07) is 14.6. The molecule has 0 atom stereocenters. The predicted octanol–water partition coefficient (Wildman–Crippen LogP) is 1.64. The maximum absolute atomic E-state index is 9.21. The van der Waals surface area contributed by atoms with Crippen LogP contribution in [0.4, 0.5) is 0 Å². The number of amidine groups is 1. The zero-order valence-corrected chi connectivity index (χ0v) is 9.17. The van der Waals surface area contributed by atoms with E-state index >= 15 is 0 Å². The molecule has 0 aliphatic carbocycles. The molecule has 0 unspecified atom stereocenters. The highest BCUT2D eigenvalue weighted by molar-refractivity contribution is 5.97. The minimum absolute atomic E-state index is 0.255. The van der Waals surface area contributed by atoms with E-state index in [0.717, 1.165) is 16.7 Å². The number of nitrogens with zero attached hydrogens (tertiary/aromatic N) is 1. The number of benzene rings is 2. The number of hydrazone groups is 1. The summed E-state index contributed by atoms with van der Waals surface area (Å²) in [5.41, 5.74) is 8.45. The monoisotopic (exact) mass is 227 g/mol. The second kappa shape index (κ2) is 4.57. The summed E-state index contributed by atoms with van der Waals surface area (Å²) in [5.74, 6) is 5.67. The minimum atomic E-state index is 0.255. The van der Waals surface area contributed by atoms with Crippen molar-refractivity contribution in [1.82, 2.24) is 0 Å². The van der Waals surface area contributed by atoms with Gasteiger partial charge in [-0.05, 0) is 23.3 Å². The maximum atomic E-state index is 9.21. The molecule has 0 aromatic heterocycles. The third-order valence-electron chi connectivity index (χ3n) is 2.52. The summed E-state index contributed by atoms with van der Waals surface area (Å²) in [5, 5.41) is 12.6. The van der Waals surface area contributed by atoms with Crippen molar-refractivity contribution in [1.29, 1.82) is 0 Å². The molecule has 0 fully saturated rings. The molecule has 0 amide bonds. The van der Waals surface area contributed by atoms with E-state index in [1.807, 2.05) is 36.4 Å². The summed E-state index contributed by atoms with van der Waals surface area (Å²) in [7, 11) is 0. The van der Waals surface area contributed by atoms with Crippen LogP contribution in [0.5, 0.6) is 5.75 Å². The molecular formula is C13H13N3O. The van der Waals surface area contributed by atoms with Crippen molar-refractivity contribution in [3.8, 4) is 16.9 Å². The number of phenolic OH excluding ortho intramolecular Hbond substituents is 1. The lowest BCUT2D eigenvalue weighted by Crippen LogP contribution is -2.15. The maximum Gasteiger partial charge on any atom is 0.150 e. The van der Waals surface area contributed by atoms with Gasteiger partial charge in [0, 0.05) is 5.56 Å². The first-order chi connectivity index (χ1) is 8.20. The fraction of sp³-hybridized carbons (Fsp3) is 0. The van der Waals surface area contributed by atoms with Crippen molar-refractivity contribution in [2.24, 2.45) is 16.7 Å². The predicted molar refractivity (Wildman–Crippen MR) is 68.5 cm³/mol. The molecular weight excluding hydrogens is 214 g/mol. The van der Waals surface area contributed by atoms with Crippen LogP contribution >= 0.6 is 0 Å². The molecule has 0 bridgehead atoms. The molecule has 0 aliphatic heterocycles. The number of aromatic hydroxyl groups is 1. The van der Waals surface area contributed by atoms with Crippen LogP contribution in [0, 0.1) is 0 Å². The largest absolute Gasteiger partial charge is 0.508 e. The fourth-order valence-corrected chi connectivity index (χ4v) is 1.56. The van der Waals surface area contributed by atoms with E-state index in [2.05, 4.69) is 5.10 Å². The van der Waals surface area contributed by atoms with Gasteiger partial charge in [0.2, 0.25) is 0 Å². The molecule has 17 heavy (non-hydrogen) atoms. The van der Waals surface area contributed by atoms with Gasteiger partial charge < -0.3 is 16.7 Å². The molecule has 0 heterocycles. The first-order valence-corrected chi connectivity index (χ1v) is 5.14. The van der Waals surface area contributed by atoms with Gasteiger partial charge in [0.1, 0.15) is 11.6 Å². The topological polar surface area (TPSA) is 84.6 Å². The van der Waals surface area contributed by atoms with Crippen LogP contribution in [-0.2, 0) is 0 Å². The Bertz CT molecular complexity index is 530. The Hall–Kier alpha value is -2.49. The third kappa shape index (κ3) is 2.36. The van der Waals surface area contributed by atoms with E-state index in [4.69, 9.17) is 11.6 Å². The molecule has 0 radical (unpaired) electrons. The van der Waals surface area contributed by atoms with Crippen LogP contribution in [0.15, 0.2) is 53.6 Å². The van der Waals surface area contributed by atoms with Gasteiger partial charge in [0.15, 0.2) is 0 Å². The van der Waals surface area contributed by atoms with Crippen molar-refractivity contribution < 1.29 is 5.11 Å². The van der Waals surface area contributed by atoms with Gasteiger partial charge in [-0.1, -0.05) is 36.4 Å². The Morgan fingerprint density at radius 3 is 1.82 bits per heavy atom. The summed E-state index contributed by atoms with van der Waals surface area (Å²) in [6.45, 7) is 0. The quantitative estimate of drug-likeness (QED) is 0.315. The minimum Gasteiger partial charge on any atom is -0.508 e. The molecule has 2 aromatic carbocycles. The lowest BCUT2D eigenvalue weighted by molar-refractivity contribution is 0.475. The van der Waals surface area contributed by atoms with Crippen LogP contribution in [0.3, 0.4) is 0 Å². The molecule has 4 nitrogen and oxygen atoms in total. The van der Waals surface area contributed by atoms with E-state index in [1.54, 1.807) is 12.1 Å². The van der Waals surface area contributed by atoms with Gasteiger partial charge in [-0.2, -0.15) is 5.10 Å². The number of phenols is 1. The number of hydrogen-bond donors (Lipinski definition) is 3. The summed E-state index contributed by atoms with van der Waals surface area (Å²) >= 11 is 0. The van der Waals surface area contributed by atoms with Crippen molar-refractivity contribution in [2.75, 3.05) is 0 Å². The van der Waals surface area contributed by atoms with Gasteiger partial charge in [0.25, 0.3) is 0 Å². The van der Waals surface area contributed by atoms with Crippen LogP contribution in [0.25, 0.3) is 11.1 Å². The molecule has 0 spiro atoms. The highest BCUT2D eigenvalue weighted by atomic mass is 16.3. The lowest BCUT2D eigenvalue weighted by atomic mass is 10.0. The lowest BCUT2D eigenvalue weighted by Gasteiger charge is -2.04. The van der Waals surface area contributed by atoms with E-state index in [-0.39, 0.29) is 5.75 Å². The van der Waals surface area contributed by atoms with E-state index in [9.17, 15) is 5.11 Å². The Morgan fingerprint density at radius 1 is 0.882 bits per heavy atom. The Balaban J connectivity index is 2.32.